The minimum absolute atomic E-state index is 0.115. The Morgan fingerprint density at radius 1 is 0.719 bits per heavy atom. The molecule has 0 aliphatic heterocycles. The summed E-state index contributed by atoms with van der Waals surface area (Å²) in [6.45, 7) is 6.77. The highest BCUT2D eigenvalue weighted by Crippen LogP contribution is 2.38. The molecule has 0 saturated heterocycles. The molecule has 2 heterocycles. The van der Waals surface area contributed by atoms with Gasteiger partial charge in [0.05, 0.1) is 16.7 Å². The van der Waals surface area contributed by atoms with Crippen molar-refractivity contribution in [2.24, 2.45) is 7.05 Å². The molecule has 0 aliphatic carbocycles. The van der Waals surface area contributed by atoms with Crippen LogP contribution in [0.15, 0.2) is 79.1 Å². The molecule has 0 unspecified atom stereocenters. The van der Waals surface area contributed by atoms with Crippen LogP contribution in [0.1, 0.15) is 26.3 Å². The summed E-state index contributed by atoms with van der Waals surface area (Å²) in [4.78, 5) is 9.51. The van der Waals surface area contributed by atoms with Gasteiger partial charge in [-0.2, -0.15) is 0 Å². The number of rotatable bonds is 1. The molecule has 156 valence electrons. The number of fused-ring (bicyclic) bond motifs is 5. The van der Waals surface area contributed by atoms with Crippen molar-refractivity contribution in [2.45, 2.75) is 26.2 Å². The van der Waals surface area contributed by atoms with E-state index < -0.39 is 0 Å². The summed E-state index contributed by atoms with van der Waals surface area (Å²) in [5.74, 6) is 0. The molecule has 0 aliphatic rings. The molecule has 0 amide bonds. The third-order valence-corrected chi connectivity index (χ3v) is 6.64. The molecule has 0 radical (unpaired) electrons. The number of nitrogens with zero attached hydrogens (tertiary/aromatic N) is 3. The molecule has 0 atom stereocenters. The Hall–Kier alpha value is -3.72. The predicted molar refractivity (Wildman–Crippen MR) is 135 cm³/mol. The summed E-state index contributed by atoms with van der Waals surface area (Å²) in [6, 6.07) is 26.3. The quantitative estimate of drug-likeness (QED) is 0.280. The highest BCUT2D eigenvalue weighted by molar-refractivity contribution is 6.15. The highest BCUT2D eigenvalue weighted by Gasteiger charge is 2.19. The zero-order valence-corrected chi connectivity index (χ0v) is 18.8. The summed E-state index contributed by atoms with van der Waals surface area (Å²) < 4.78 is 2.24. The van der Waals surface area contributed by atoms with Gasteiger partial charge in [-0.05, 0) is 44.7 Å². The summed E-state index contributed by atoms with van der Waals surface area (Å²) >= 11 is 0. The third kappa shape index (κ3) is 2.74. The predicted octanol–water partition coefficient (Wildman–Crippen LogP) is 7.39. The standard InChI is InChI=1S/C29H25N3/c1-29(2,3)21-12-13-22-20(14-21)10-7-11-23(22)26-28-27(31-17-30-26)24-15-18-8-5-6-9-19(18)16-25(24)32(28)4/h5-17H,1-4H3. The lowest BCUT2D eigenvalue weighted by Crippen LogP contribution is -2.10. The Morgan fingerprint density at radius 3 is 2.25 bits per heavy atom. The van der Waals surface area contributed by atoms with Gasteiger partial charge in [-0.1, -0.05) is 81.4 Å². The molecular formula is C29H25N3. The van der Waals surface area contributed by atoms with Crippen LogP contribution in [0.4, 0.5) is 0 Å². The molecule has 6 aromatic rings. The Kier molecular flexibility index (Phi) is 3.94. The van der Waals surface area contributed by atoms with E-state index in [9.17, 15) is 0 Å². The molecular weight excluding hydrogens is 390 g/mol. The third-order valence-electron chi connectivity index (χ3n) is 6.64. The molecule has 2 aromatic heterocycles. The second-order valence-electron chi connectivity index (χ2n) is 9.69. The molecule has 4 aromatic carbocycles. The molecule has 0 N–H and O–H groups in total. The van der Waals surface area contributed by atoms with Crippen LogP contribution in [-0.2, 0) is 12.5 Å². The van der Waals surface area contributed by atoms with Crippen LogP contribution in [0.25, 0.3) is 54.7 Å². The zero-order chi connectivity index (χ0) is 22.0. The SMILES string of the molecule is Cn1c2cc3ccccc3cc2c2ncnc(-c3cccc4cc(C(C)(C)C)ccc34)c21. The second-order valence-corrected chi connectivity index (χ2v) is 9.69. The van der Waals surface area contributed by atoms with Crippen molar-refractivity contribution in [2.75, 3.05) is 0 Å². The van der Waals surface area contributed by atoms with Crippen molar-refractivity contribution >= 4 is 43.5 Å². The van der Waals surface area contributed by atoms with Crippen LogP contribution in [0, 0.1) is 0 Å². The maximum absolute atomic E-state index is 4.79. The van der Waals surface area contributed by atoms with E-state index in [1.165, 1.54) is 38.0 Å². The number of hydrogen-bond donors (Lipinski definition) is 0. The number of hydrogen-bond acceptors (Lipinski definition) is 2. The first-order chi connectivity index (χ1) is 15.4. The average molecular weight is 416 g/mol. The first kappa shape index (κ1) is 19.0. The molecule has 3 nitrogen and oxygen atoms in total. The summed E-state index contributed by atoms with van der Waals surface area (Å²) in [5, 5.41) is 6.09. The maximum Gasteiger partial charge on any atom is 0.116 e. The van der Waals surface area contributed by atoms with E-state index in [1.807, 2.05) is 0 Å². The van der Waals surface area contributed by atoms with Crippen LogP contribution in [0.2, 0.25) is 0 Å². The van der Waals surface area contributed by atoms with Gasteiger partial charge in [-0.3, -0.25) is 0 Å². The van der Waals surface area contributed by atoms with E-state index in [4.69, 9.17) is 9.97 Å². The lowest BCUT2D eigenvalue weighted by Gasteiger charge is -2.20. The fraction of sp³-hybridized carbons (Fsp3) is 0.172. The average Bonchev–Trinajstić information content (AvgIpc) is 3.08. The van der Waals surface area contributed by atoms with Crippen LogP contribution < -0.4 is 0 Å². The molecule has 0 saturated carbocycles. The molecule has 0 fully saturated rings. The minimum atomic E-state index is 0.115. The molecule has 3 heteroatoms. The largest absolute Gasteiger partial charge is 0.340 e. The van der Waals surface area contributed by atoms with Gasteiger partial charge in [-0.15, -0.1) is 0 Å². The normalized spacial score (nSPS) is 12.4. The van der Waals surface area contributed by atoms with Gasteiger partial charge >= 0.3 is 0 Å². The van der Waals surface area contributed by atoms with E-state index in [1.54, 1.807) is 6.33 Å². The van der Waals surface area contributed by atoms with Crippen LogP contribution in [0.3, 0.4) is 0 Å². The Labute approximate surface area is 187 Å². The Morgan fingerprint density at radius 2 is 1.47 bits per heavy atom. The second kappa shape index (κ2) is 6.64. The van der Waals surface area contributed by atoms with Crippen molar-refractivity contribution in [3.63, 3.8) is 0 Å². The van der Waals surface area contributed by atoms with Crippen LogP contribution in [0.5, 0.6) is 0 Å². The lowest BCUT2D eigenvalue weighted by atomic mass is 9.85. The highest BCUT2D eigenvalue weighted by atomic mass is 15.0. The van der Waals surface area contributed by atoms with Gasteiger partial charge in [0.25, 0.3) is 0 Å². The maximum atomic E-state index is 4.79. The first-order valence-electron chi connectivity index (χ1n) is 11.1. The number of aryl methyl sites for hydroxylation is 1. The van der Waals surface area contributed by atoms with Gasteiger partial charge in [0.15, 0.2) is 0 Å². The van der Waals surface area contributed by atoms with Crippen molar-refractivity contribution in [3.8, 4) is 11.3 Å². The van der Waals surface area contributed by atoms with E-state index in [-0.39, 0.29) is 5.41 Å². The number of aromatic nitrogens is 3. The van der Waals surface area contributed by atoms with E-state index in [2.05, 4.69) is 105 Å². The van der Waals surface area contributed by atoms with Crippen molar-refractivity contribution < 1.29 is 0 Å². The van der Waals surface area contributed by atoms with Gasteiger partial charge in [0.2, 0.25) is 0 Å². The molecule has 6 rings (SSSR count). The minimum Gasteiger partial charge on any atom is -0.340 e. The number of benzene rings is 4. The Balaban J connectivity index is 1.68. The van der Waals surface area contributed by atoms with Crippen LogP contribution in [-0.4, -0.2) is 14.5 Å². The van der Waals surface area contributed by atoms with Gasteiger partial charge in [0, 0.05) is 18.0 Å². The summed E-state index contributed by atoms with van der Waals surface area (Å²) in [5.41, 5.74) is 6.83. The van der Waals surface area contributed by atoms with E-state index in [0.717, 1.165) is 22.3 Å². The molecule has 0 spiro atoms. The van der Waals surface area contributed by atoms with Gasteiger partial charge in [0.1, 0.15) is 11.8 Å². The van der Waals surface area contributed by atoms with E-state index in [0.29, 0.717) is 0 Å². The molecule has 0 bridgehead atoms. The topological polar surface area (TPSA) is 30.7 Å². The summed E-state index contributed by atoms with van der Waals surface area (Å²) in [6.07, 6.45) is 1.70. The lowest BCUT2D eigenvalue weighted by molar-refractivity contribution is 0.591. The van der Waals surface area contributed by atoms with Crippen molar-refractivity contribution in [1.82, 2.24) is 14.5 Å². The Bertz CT molecular complexity index is 1670. The van der Waals surface area contributed by atoms with Gasteiger partial charge < -0.3 is 4.57 Å². The fourth-order valence-electron chi connectivity index (χ4n) is 4.86. The monoisotopic (exact) mass is 415 g/mol. The van der Waals surface area contributed by atoms with Crippen molar-refractivity contribution in [3.05, 3.63) is 84.7 Å². The van der Waals surface area contributed by atoms with Gasteiger partial charge in [-0.25, -0.2) is 9.97 Å². The van der Waals surface area contributed by atoms with Crippen LogP contribution >= 0.6 is 0 Å². The fourth-order valence-corrected chi connectivity index (χ4v) is 4.86. The summed E-state index contributed by atoms with van der Waals surface area (Å²) in [7, 11) is 2.12. The molecule has 32 heavy (non-hydrogen) atoms. The first-order valence-corrected chi connectivity index (χ1v) is 11.1. The van der Waals surface area contributed by atoms with E-state index >= 15 is 0 Å². The van der Waals surface area contributed by atoms with Crippen molar-refractivity contribution in [1.29, 1.82) is 0 Å². The zero-order valence-electron chi connectivity index (χ0n) is 18.8. The smallest absolute Gasteiger partial charge is 0.116 e.